The smallest absolute Gasteiger partial charge is 0.0860 e. The van der Waals surface area contributed by atoms with Gasteiger partial charge in [0.2, 0.25) is 0 Å². The summed E-state index contributed by atoms with van der Waals surface area (Å²) >= 11 is 6.22. The molecule has 0 saturated heterocycles. The summed E-state index contributed by atoms with van der Waals surface area (Å²) in [6.45, 7) is 10.4. The Labute approximate surface area is 108 Å². The second-order valence-corrected chi connectivity index (χ2v) is 5.11. The molecule has 1 heterocycles. The van der Waals surface area contributed by atoms with Crippen molar-refractivity contribution < 1.29 is 4.74 Å². The quantitative estimate of drug-likeness (QED) is 0.853. The molecular weight excluding hydrogens is 238 g/mol. The van der Waals surface area contributed by atoms with Crippen LogP contribution in [0.1, 0.15) is 32.2 Å². The predicted molar refractivity (Wildman–Crippen MR) is 70.4 cm³/mol. The average molecular weight is 260 g/mol. The highest BCUT2D eigenvalue weighted by molar-refractivity contribution is 6.31. The Kier molecular flexibility index (Phi) is 4.98. The first-order chi connectivity index (χ1) is 7.91. The molecule has 1 aromatic rings. The van der Waals surface area contributed by atoms with E-state index in [0.29, 0.717) is 6.54 Å². The summed E-state index contributed by atoms with van der Waals surface area (Å²) in [5, 5.41) is 8.49. The van der Waals surface area contributed by atoms with Crippen LogP contribution in [-0.4, -0.2) is 29.0 Å². The fraction of sp³-hybridized carbons (Fsp3) is 0.750. The molecular formula is C12H22ClN3O. The average Bonchev–Trinajstić information content (AvgIpc) is 2.56. The van der Waals surface area contributed by atoms with Crippen LogP contribution in [-0.2, 0) is 17.8 Å². The van der Waals surface area contributed by atoms with E-state index in [2.05, 4.69) is 17.3 Å². The molecule has 0 bridgehead atoms. The molecule has 0 unspecified atom stereocenters. The molecule has 1 rings (SSSR count). The van der Waals surface area contributed by atoms with Gasteiger partial charge in [0.15, 0.2) is 0 Å². The Morgan fingerprint density at radius 2 is 2.12 bits per heavy atom. The van der Waals surface area contributed by atoms with Crippen LogP contribution >= 0.6 is 11.6 Å². The fourth-order valence-corrected chi connectivity index (χ4v) is 1.79. The van der Waals surface area contributed by atoms with Gasteiger partial charge in [0.05, 0.1) is 22.0 Å². The van der Waals surface area contributed by atoms with Gasteiger partial charge in [0.1, 0.15) is 0 Å². The Hall–Kier alpha value is -0.580. The molecule has 1 aromatic heterocycles. The van der Waals surface area contributed by atoms with E-state index >= 15 is 0 Å². The van der Waals surface area contributed by atoms with E-state index in [-0.39, 0.29) is 5.60 Å². The van der Waals surface area contributed by atoms with Crippen molar-refractivity contribution in [2.75, 3.05) is 13.7 Å². The van der Waals surface area contributed by atoms with E-state index in [1.165, 1.54) is 0 Å². The number of nitrogens with zero attached hydrogens (tertiary/aromatic N) is 2. The van der Waals surface area contributed by atoms with Crippen molar-refractivity contribution >= 4 is 11.6 Å². The monoisotopic (exact) mass is 259 g/mol. The van der Waals surface area contributed by atoms with Crippen molar-refractivity contribution in [2.45, 2.75) is 46.4 Å². The van der Waals surface area contributed by atoms with Gasteiger partial charge < -0.3 is 10.1 Å². The molecule has 0 amide bonds. The van der Waals surface area contributed by atoms with E-state index < -0.39 is 0 Å². The summed E-state index contributed by atoms with van der Waals surface area (Å²) in [4.78, 5) is 0. The van der Waals surface area contributed by atoms with Gasteiger partial charge in [0.25, 0.3) is 0 Å². The molecule has 0 atom stereocenters. The van der Waals surface area contributed by atoms with Gasteiger partial charge in [-0.15, -0.1) is 0 Å². The zero-order valence-corrected chi connectivity index (χ0v) is 12.1. The summed E-state index contributed by atoms with van der Waals surface area (Å²) in [7, 11) is 1.72. The van der Waals surface area contributed by atoms with Gasteiger partial charge in [-0.25, -0.2) is 0 Å². The van der Waals surface area contributed by atoms with Crippen LogP contribution in [0, 0.1) is 6.92 Å². The van der Waals surface area contributed by atoms with Crippen LogP contribution in [0.15, 0.2) is 0 Å². The number of nitrogens with one attached hydrogen (secondary N) is 1. The molecule has 0 aliphatic carbocycles. The van der Waals surface area contributed by atoms with Crippen molar-refractivity contribution in [3.63, 3.8) is 0 Å². The van der Waals surface area contributed by atoms with Gasteiger partial charge in [0, 0.05) is 26.7 Å². The fourth-order valence-electron chi connectivity index (χ4n) is 1.59. The van der Waals surface area contributed by atoms with E-state index in [0.717, 1.165) is 29.5 Å². The second kappa shape index (κ2) is 5.85. The minimum absolute atomic E-state index is 0.168. The van der Waals surface area contributed by atoms with Crippen LogP contribution in [0.3, 0.4) is 0 Å². The number of rotatable bonds is 6. The largest absolute Gasteiger partial charge is 0.377 e. The molecule has 0 aliphatic heterocycles. The minimum Gasteiger partial charge on any atom is -0.377 e. The molecule has 0 aliphatic rings. The molecule has 17 heavy (non-hydrogen) atoms. The Balaban J connectivity index is 2.63. The molecule has 1 N–H and O–H groups in total. The van der Waals surface area contributed by atoms with Crippen molar-refractivity contribution in [3.05, 3.63) is 16.4 Å². The zero-order valence-electron chi connectivity index (χ0n) is 11.3. The van der Waals surface area contributed by atoms with Crippen LogP contribution in [0.4, 0.5) is 0 Å². The SMILES string of the molecule is CCn1nc(C)c(Cl)c1CNCC(C)(C)OC. The number of aromatic nitrogens is 2. The maximum absolute atomic E-state index is 6.22. The van der Waals surface area contributed by atoms with Crippen LogP contribution in [0.25, 0.3) is 0 Å². The van der Waals surface area contributed by atoms with Gasteiger partial charge in [-0.05, 0) is 27.7 Å². The molecule has 0 fully saturated rings. The summed E-state index contributed by atoms with van der Waals surface area (Å²) < 4.78 is 7.28. The lowest BCUT2D eigenvalue weighted by Crippen LogP contribution is -2.36. The first-order valence-electron chi connectivity index (χ1n) is 5.89. The number of hydrogen-bond donors (Lipinski definition) is 1. The number of aryl methyl sites for hydroxylation is 2. The first-order valence-corrected chi connectivity index (χ1v) is 6.26. The predicted octanol–water partition coefficient (Wildman–Crippen LogP) is 2.38. The number of methoxy groups -OCH3 is 1. The lowest BCUT2D eigenvalue weighted by Gasteiger charge is -2.23. The Bertz CT molecular complexity index is 374. The summed E-state index contributed by atoms with van der Waals surface area (Å²) in [6, 6.07) is 0. The molecule has 98 valence electrons. The lowest BCUT2D eigenvalue weighted by atomic mass is 10.1. The van der Waals surface area contributed by atoms with Crippen molar-refractivity contribution in [2.24, 2.45) is 0 Å². The van der Waals surface area contributed by atoms with Gasteiger partial charge in [-0.1, -0.05) is 11.6 Å². The zero-order chi connectivity index (χ0) is 13.1. The molecule has 0 saturated carbocycles. The summed E-state index contributed by atoms with van der Waals surface area (Å²) in [5.41, 5.74) is 1.76. The molecule has 4 nitrogen and oxygen atoms in total. The van der Waals surface area contributed by atoms with Crippen molar-refractivity contribution in [1.82, 2.24) is 15.1 Å². The molecule has 0 radical (unpaired) electrons. The standard InChI is InChI=1S/C12H22ClN3O/c1-6-16-10(11(13)9(2)15-16)7-14-8-12(3,4)17-5/h14H,6-8H2,1-5H3. The second-order valence-electron chi connectivity index (χ2n) is 4.73. The van der Waals surface area contributed by atoms with Gasteiger partial charge in [-0.3, -0.25) is 4.68 Å². The maximum atomic E-state index is 6.22. The number of hydrogen-bond acceptors (Lipinski definition) is 3. The number of ether oxygens (including phenoxy) is 1. The van der Waals surface area contributed by atoms with Crippen molar-refractivity contribution in [1.29, 1.82) is 0 Å². The summed E-state index contributed by atoms with van der Waals surface area (Å²) in [5.74, 6) is 0. The third-order valence-corrected chi connectivity index (χ3v) is 3.34. The molecule has 0 aromatic carbocycles. The van der Waals surface area contributed by atoms with E-state index in [9.17, 15) is 0 Å². The van der Waals surface area contributed by atoms with Gasteiger partial charge >= 0.3 is 0 Å². The highest BCUT2D eigenvalue weighted by atomic mass is 35.5. The van der Waals surface area contributed by atoms with Crippen molar-refractivity contribution in [3.8, 4) is 0 Å². The normalized spacial score (nSPS) is 12.1. The Morgan fingerprint density at radius 1 is 1.47 bits per heavy atom. The number of halogens is 1. The third-order valence-electron chi connectivity index (χ3n) is 2.85. The molecule has 5 heteroatoms. The topological polar surface area (TPSA) is 39.1 Å². The van der Waals surface area contributed by atoms with E-state index in [1.807, 2.05) is 25.5 Å². The van der Waals surface area contributed by atoms with Crippen LogP contribution in [0.5, 0.6) is 0 Å². The summed E-state index contributed by atoms with van der Waals surface area (Å²) in [6.07, 6.45) is 0. The first kappa shape index (κ1) is 14.5. The van der Waals surface area contributed by atoms with Gasteiger partial charge in [-0.2, -0.15) is 5.10 Å². The molecule has 0 spiro atoms. The van der Waals surface area contributed by atoms with E-state index in [4.69, 9.17) is 16.3 Å². The highest BCUT2D eigenvalue weighted by Gasteiger charge is 2.17. The highest BCUT2D eigenvalue weighted by Crippen LogP contribution is 2.20. The Morgan fingerprint density at radius 3 is 2.65 bits per heavy atom. The maximum Gasteiger partial charge on any atom is 0.0860 e. The van der Waals surface area contributed by atoms with Crippen LogP contribution in [0.2, 0.25) is 5.02 Å². The van der Waals surface area contributed by atoms with E-state index in [1.54, 1.807) is 7.11 Å². The lowest BCUT2D eigenvalue weighted by molar-refractivity contribution is 0.0229. The van der Waals surface area contributed by atoms with Crippen LogP contribution < -0.4 is 5.32 Å². The minimum atomic E-state index is -0.168. The third kappa shape index (κ3) is 3.69.